The maximum absolute atomic E-state index is 9.17. The van der Waals surface area contributed by atoms with E-state index in [2.05, 4.69) is 62.7 Å². The quantitative estimate of drug-likeness (QED) is 0.405. The normalized spacial score (nSPS) is 14.2. The summed E-state index contributed by atoms with van der Waals surface area (Å²) in [4.78, 5) is 9.01. The smallest absolute Gasteiger partial charge is 0.204 e. The van der Waals surface area contributed by atoms with Gasteiger partial charge < -0.3 is 4.90 Å². The fourth-order valence-corrected chi connectivity index (χ4v) is 4.53. The van der Waals surface area contributed by atoms with Gasteiger partial charge in [-0.2, -0.15) is 5.26 Å². The number of nitriles is 1. The van der Waals surface area contributed by atoms with E-state index in [-0.39, 0.29) is 0 Å². The van der Waals surface area contributed by atoms with Crippen molar-refractivity contribution < 1.29 is 0 Å². The lowest BCUT2D eigenvalue weighted by atomic mass is 10.2. The zero-order valence-corrected chi connectivity index (χ0v) is 19.8. The molecule has 0 atom stereocenters. The number of aromatic nitrogens is 4. The molecule has 0 N–H and O–H groups in total. The second kappa shape index (κ2) is 9.59. The van der Waals surface area contributed by atoms with E-state index in [0.29, 0.717) is 17.0 Å². The van der Waals surface area contributed by atoms with Crippen LogP contribution in [0.4, 0.5) is 5.82 Å². The summed E-state index contributed by atoms with van der Waals surface area (Å²) in [7, 11) is 0. The first-order valence-electron chi connectivity index (χ1n) is 11.3. The Morgan fingerprint density at radius 1 is 0.971 bits per heavy atom. The second-order valence-corrected chi connectivity index (χ2v) is 8.77. The fraction of sp³-hybridized carbons (Fsp3) is 0.231. The molecular weight excluding hydrogens is 442 g/mol. The van der Waals surface area contributed by atoms with Gasteiger partial charge in [-0.15, -0.1) is 5.10 Å². The van der Waals surface area contributed by atoms with E-state index in [9.17, 15) is 5.26 Å². The van der Waals surface area contributed by atoms with Gasteiger partial charge in [0.2, 0.25) is 4.77 Å². The van der Waals surface area contributed by atoms with Crippen LogP contribution >= 0.6 is 12.2 Å². The van der Waals surface area contributed by atoms with Crippen LogP contribution in [0.25, 0.3) is 17.1 Å². The molecule has 3 heterocycles. The summed E-state index contributed by atoms with van der Waals surface area (Å²) < 4.78 is 4.66. The maximum Gasteiger partial charge on any atom is 0.204 e. The molecule has 2 aromatic carbocycles. The Hall–Kier alpha value is -3.80. The minimum Gasteiger partial charge on any atom is -0.354 e. The molecule has 0 aliphatic carbocycles. The van der Waals surface area contributed by atoms with Crippen molar-refractivity contribution in [1.82, 2.24) is 24.2 Å². The average molecular weight is 468 g/mol. The number of piperazine rings is 1. The van der Waals surface area contributed by atoms with E-state index < -0.39 is 0 Å². The highest BCUT2D eigenvalue weighted by Crippen LogP contribution is 2.24. The molecule has 2 aromatic heterocycles. The van der Waals surface area contributed by atoms with Crippen LogP contribution in [-0.2, 0) is 6.67 Å². The first-order valence-corrected chi connectivity index (χ1v) is 11.7. The predicted molar refractivity (Wildman–Crippen MR) is 135 cm³/mol. The van der Waals surface area contributed by atoms with Crippen LogP contribution in [0.5, 0.6) is 0 Å². The molecule has 1 fully saturated rings. The van der Waals surface area contributed by atoms with E-state index in [1.807, 2.05) is 35.0 Å². The molecule has 5 rings (SSSR count). The lowest BCUT2D eigenvalue weighted by molar-refractivity contribution is 0.194. The Balaban J connectivity index is 1.40. The number of benzene rings is 2. The number of rotatable bonds is 5. The van der Waals surface area contributed by atoms with E-state index in [1.54, 1.807) is 12.3 Å². The van der Waals surface area contributed by atoms with Crippen LogP contribution in [-0.4, -0.2) is 50.4 Å². The first-order chi connectivity index (χ1) is 16.6. The number of hydrogen-bond donors (Lipinski definition) is 0. The highest BCUT2D eigenvalue weighted by Gasteiger charge is 2.21. The van der Waals surface area contributed by atoms with Gasteiger partial charge in [0.25, 0.3) is 0 Å². The van der Waals surface area contributed by atoms with Crippen LogP contribution in [0.3, 0.4) is 0 Å². The molecule has 4 aromatic rings. The molecule has 1 aliphatic rings. The molecule has 0 bridgehead atoms. The summed E-state index contributed by atoms with van der Waals surface area (Å²) in [6.07, 6.45) is 1.70. The van der Waals surface area contributed by atoms with Crippen molar-refractivity contribution in [2.45, 2.75) is 13.6 Å². The molecule has 0 radical (unpaired) electrons. The Morgan fingerprint density at radius 3 is 2.50 bits per heavy atom. The van der Waals surface area contributed by atoms with Gasteiger partial charge in [0, 0.05) is 37.9 Å². The predicted octanol–water partition coefficient (Wildman–Crippen LogP) is 4.43. The summed E-state index contributed by atoms with van der Waals surface area (Å²) in [5.74, 6) is 1.69. The molecule has 0 spiro atoms. The number of pyridine rings is 1. The van der Waals surface area contributed by atoms with Gasteiger partial charge in [-0.1, -0.05) is 42.5 Å². The van der Waals surface area contributed by atoms with Gasteiger partial charge in [0.05, 0.1) is 24.0 Å². The minimum absolute atomic E-state index is 0.622. The topological polar surface area (TPSA) is 65.9 Å². The standard InChI is InChI=1S/C26H25N7S/c1-20-6-5-9-23(16-20)33-25(22-7-3-2-4-8-22)29-32(26(33)34)19-30-12-14-31(15-13-30)24-17-21(18-27)10-11-28-24/h2-11,16-17H,12-15,19H2,1H3. The molecule has 0 saturated carbocycles. The van der Waals surface area contributed by atoms with Crippen molar-refractivity contribution in [2.24, 2.45) is 0 Å². The van der Waals surface area contributed by atoms with Crippen molar-refractivity contribution in [3.8, 4) is 23.1 Å². The first kappa shape index (κ1) is 22.0. The van der Waals surface area contributed by atoms with Gasteiger partial charge in [0.1, 0.15) is 5.82 Å². The molecule has 0 unspecified atom stereocenters. The molecule has 1 aliphatic heterocycles. The Kier molecular flexibility index (Phi) is 6.21. The third-order valence-electron chi connectivity index (χ3n) is 6.04. The largest absolute Gasteiger partial charge is 0.354 e. The van der Waals surface area contributed by atoms with Gasteiger partial charge >= 0.3 is 0 Å². The third-order valence-corrected chi connectivity index (χ3v) is 6.43. The highest BCUT2D eigenvalue weighted by molar-refractivity contribution is 7.71. The van der Waals surface area contributed by atoms with Gasteiger partial charge in [-0.3, -0.25) is 9.47 Å². The number of anilines is 1. The molecule has 1 saturated heterocycles. The zero-order valence-electron chi connectivity index (χ0n) is 19.0. The number of aryl methyl sites for hydroxylation is 1. The van der Waals surface area contributed by atoms with E-state index in [4.69, 9.17) is 17.3 Å². The minimum atomic E-state index is 0.622. The Labute approximate surface area is 204 Å². The summed E-state index contributed by atoms with van der Waals surface area (Å²) in [6, 6.07) is 24.3. The summed E-state index contributed by atoms with van der Waals surface area (Å²) >= 11 is 5.92. The van der Waals surface area contributed by atoms with Crippen molar-refractivity contribution in [1.29, 1.82) is 5.26 Å². The molecule has 8 heteroatoms. The second-order valence-electron chi connectivity index (χ2n) is 8.41. The third kappa shape index (κ3) is 4.49. The highest BCUT2D eigenvalue weighted by atomic mass is 32.1. The summed E-state index contributed by atoms with van der Waals surface area (Å²) in [5, 5.41) is 14.1. The monoisotopic (exact) mass is 467 g/mol. The van der Waals surface area contributed by atoms with E-state index >= 15 is 0 Å². The molecule has 170 valence electrons. The maximum atomic E-state index is 9.17. The average Bonchev–Trinajstić information content (AvgIpc) is 3.20. The van der Waals surface area contributed by atoms with Crippen LogP contribution < -0.4 is 4.90 Å². The van der Waals surface area contributed by atoms with Crippen molar-refractivity contribution >= 4 is 18.0 Å². The molecule has 0 amide bonds. The number of hydrogen-bond acceptors (Lipinski definition) is 6. The Morgan fingerprint density at radius 2 is 1.76 bits per heavy atom. The molecule has 7 nitrogen and oxygen atoms in total. The number of nitrogens with zero attached hydrogens (tertiary/aromatic N) is 7. The molecule has 34 heavy (non-hydrogen) atoms. The van der Waals surface area contributed by atoms with Crippen molar-refractivity contribution in [2.75, 3.05) is 31.1 Å². The van der Waals surface area contributed by atoms with Crippen LogP contribution in [0, 0.1) is 23.0 Å². The lowest BCUT2D eigenvalue weighted by Crippen LogP contribution is -2.47. The lowest BCUT2D eigenvalue weighted by Gasteiger charge is -2.35. The fourth-order valence-electron chi connectivity index (χ4n) is 4.24. The SMILES string of the molecule is Cc1cccc(-n2c(-c3ccccc3)nn(CN3CCN(c4cc(C#N)ccn4)CC3)c2=S)c1. The van der Waals surface area contributed by atoms with Crippen LogP contribution in [0.15, 0.2) is 72.9 Å². The van der Waals surface area contributed by atoms with Crippen molar-refractivity contribution in [3.63, 3.8) is 0 Å². The van der Waals surface area contributed by atoms with Gasteiger partial charge in [-0.25, -0.2) is 9.67 Å². The van der Waals surface area contributed by atoms with Gasteiger partial charge in [-0.05, 0) is 49.0 Å². The zero-order chi connectivity index (χ0) is 23.5. The molecular formula is C26H25N7S. The summed E-state index contributed by atoms with van der Waals surface area (Å²) in [5.41, 5.74) is 3.86. The van der Waals surface area contributed by atoms with E-state index in [1.165, 1.54) is 5.56 Å². The van der Waals surface area contributed by atoms with Crippen LogP contribution in [0.2, 0.25) is 0 Å². The summed E-state index contributed by atoms with van der Waals surface area (Å²) in [6.45, 7) is 6.09. The van der Waals surface area contributed by atoms with E-state index in [0.717, 1.165) is 49.1 Å². The van der Waals surface area contributed by atoms with Crippen molar-refractivity contribution in [3.05, 3.63) is 88.8 Å². The van der Waals surface area contributed by atoms with Crippen LogP contribution in [0.1, 0.15) is 11.1 Å². The Bertz CT molecular complexity index is 1390. The van der Waals surface area contributed by atoms with Gasteiger partial charge in [0.15, 0.2) is 5.82 Å².